The number of hydrogen-bond donors (Lipinski definition) is 1. The number of nitrogens with two attached hydrogens (primary N) is 1. The van der Waals surface area contributed by atoms with Gasteiger partial charge < -0.3 is 25.0 Å². The van der Waals surface area contributed by atoms with Gasteiger partial charge in [0.15, 0.2) is 11.5 Å². The molecule has 7 nitrogen and oxygen atoms in total. The maximum atomic E-state index is 12.8. The highest BCUT2D eigenvalue weighted by atomic mass is 35.5. The van der Waals surface area contributed by atoms with E-state index in [4.69, 9.17) is 15.2 Å². The Morgan fingerprint density at radius 1 is 0.933 bits per heavy atom. The van der Waals surface area contributed by atoms with E-state index in [0.29, 0.717) is 49.7 Å². The number of carbonyl (C=O) groups is 2. The molecule has 1 heterocycles. The zero-order chi connectivity index (χ0) is 20.8. The molecule has 0 saturated carbocycles. The fourth-order valence-corrected chi connectivity index (χ4v) is 3.47. The van der Waals surface area contributed by atoms with E-state index in [1.807, 2.05) is 30.3 Å². The van der Waals surface area contributed by atoms with Gasteiger partial charge in [0.1, 0.15) is 0 Å². The van der Waals surface area contributed by atoms with Crippen LogP contribution in [0.2, 0.25) is 0 Å². The number of piperazine rings is 1. The first kappa shape index (κ1) is 23.5. The summed E-state index contributed by atoms with van der Waals surface area (Å²) < 4.78 is 10.5. The van der Waals surface area contributed by atoms with Gasteiger partial charge in [0, 0.05) is 31.7 Å². The smallest absolute Gasteiger partial charge is 0.254 e. The number of rotatable bonds is 6. The van der Waals surface area contributed by atoms with Gasteiger partial charge in [-0.1, -0.05) is 30.3 Å². The number of carbonyl (C=O) groups excluding carboxylic acids is 2. The monoisotopic (exact) mass is 433 g/mol. The standard InChI is InChI=1S/C22H27N3O4.ClH/c1-28-19-9-8-17(15-20(19)29-2)21(26)24-10-12-25(13-11-24)22(27)18(23)14-16-6-4-3-5-7-16;/h3-9,15,18H,10-14,23H2,1-2H3;1H. The van der Waals surface area contributed by atoms with Crippen LogP contribution < -0.4 is 15.2 Å². The van der Waals surface area contributed by atoms with E-state index in [0.717, 1.165) is 5.56 Å². The van der Waals surface area contributed by atoms with E-state index in [1.165, 1.54) is 7.11 Å². The van der Waals surface area contributed by atoms with Gasteiger partial charge >= 0.3 is 0 Å². The van der Waals surface area contributed by atoms with Crippen LogP contribution in [0.25, 0.3) is 0 Å². The Morgan fingerprint density at radius 2 is 1.53 bits per heavy atom. The van der Waals surface area contributed by atoms with Crippen LogP contribution in [-0.4, -0.2) is 68.1 Å². The van der Waals surface area contributed by atoms with E-state index in [2.05, 4.69) is 0 Å². The maximum absolute atomic E-state index is 12.8. The molecule has 2 aromatic rings. The quantitative estimate of drug-likeness (QED) is 0.752. The lowest BCUT2D eigenvalue weighted by atomic mass is 10.1. The van der Waals surface area contributed by atoms with Crippen LogP contribution in [0.15, 0.2) is 48.5 Å². The molecule has 0 spiro atoms. The molecular weight excluding hydrogens is 406 g/mol. The SMILES string of the molecule is COc1ccc(C(=O)N2CCN(C(=O)C(N)Cc3ccccc3)CC2)cc1OC.Cl. The molecule has 0 bridgehead atoms. The van der Waals surface area contributed by atoms with Crippen molar-refractivity contribution in [1.82, 2.24) is 9.80 Å². The van der Waals surface area contributed by atoms with Gasteiger partial charge in [-0.15, -0.1) is 12.4 Å². The molecule has 2 N–H and O–H groups in total. The molecule has 30 heavy (non-hydrogen) atoms. The predicted octanol–water partition coefficient (Wildman–Crippen LogP) is 1.98. The Labute approximate surface area is 183 Å². The summed E-state index contributed by atoms with van der Waals surface area (Å²) in [5.74, 6) is 0.921. The number of amides is 2. The van der Waals surface area contributed by atoms with E-state index in [9.17, 15) is 9.59 Å². The summed E-state index contributed by atoms with van der Waals surface area (Å²) in [5.41, 5.74) is 7.70. The third-order valence-electron chi connectivity index (χ3n) is 5.12. The molecule has 1 atom stereocenters. The minimum absolute atomic E-state index is 0. The minimum atomic E-state index is -0.578. The van der Waals surface area contributed by atoms with Crippen molar-refractivity contribution in [1.29, 1.82) is 0 Å². The van der Waals surface area contributed by atoms with Crippen molar-refractivity contribution < 1.29 is 19.1 Å². The minimum Gasteiger partial charge on any atom is -0.493 e. The molecule has 0 aliphatic carbocycles. The normalized spacial score (nSPS) is 14.5. The van der Waals surface area contributed by atoms with Gasteiger partial charge in [-0.2, -0.15) is 0 Å². The van der Waals surface area contributed by atoms with Crippen molar-refractivity contribution in [2.24, 2.45) is 5.73 Å². The molecule has 1 unspecified atom stereocenters. The van der Waals surface area contributed by atoms with Crippen molar-refractivity contribution in [3.8, 4) is 11.5 Å². The summed E-state index contributed by atoms with van der Waals surface area (Å²) >= 11 is 0. The first-order chi connectivity index (χ1) is 14.0. The summed E-state index contributed by atoms with van der Waals surface area (Å²) in [7, 11) is 3.09. The average Bonchev–Trinajstić information content (AvgIpc) is 2.78. The van der Waals surface area contributed by atoms with Gasteiger partial charge in [-0.05, 0) is 30.2 Å². The van der Waals surface area contributed by atoms with E-state index in [1.54, 1.807) is 35.1 Å². The molecule has 2 amide bonds. The summed E-state index contributed by atoms with van der Waals surface area (Å²) in [5, 5.41) is 0. The highest BCUT2D eigenvalue weighted by Gasteiger charge is 2.28. The second-order valence-electron chi connectivity index (χ2n) is 6.98. The Kier molecular flexibility index (Phi) is 8.50. The summed E-state index contributed by atoms with van der Waals surface area (Å²) in [6.45, 7) is 1.88. The lowest BCUT2D eigenvalue weighted by Gasteiger charge is -2.36. The summed E-state index contributed by atoms with van der Waals surface area (Å²) in [6, 6.07) is 14.3. The third-order valence-corrected chi connectivity index (χ3v) is 5.12. The molecular formula is C22H28ClN3O4. The van der Waals surface area contributed by atoms with Crippen molar-refractivity contribution in [3.05, 3.63) is 59.7 Å². The molecule has 2 aromatic carbocycles. The summed E-state index contributed by atoms with van der Waals surface area (Å²) in [6.07, 6.45) is 0.504. The third kappa shape index (κ3) is 5.43. The number of hydrogen-bond acceptors (Lipinski definition) is 5. The molecule has 1 aliphatic heterocycles. The van der Waals surface area contributed by atoms with Crippen molar-refractivity contribution in [2.45, 2.75) is 12.5 Å². The zero-order valence-electron chi connectivity index (χ0n) is 17.2. The number of nitrogens with zero attached hydrogens (tertiary/aromatic N) is 2. The highest BCUT2D eigenvalue weighted by molar-refractivity contribution is 5.95. The first-order valence-corrected chi connectivity index (χ1v) is 9.63. The van der Waals surface area contributed by atoms with Crippen LogP contribution in [-0.2, 0) is 11.2 Å². The maximum Gasteiger partial charge on any atom is 0.254 e. The Bertz CT molecular complexity index is 855. The highest BCUT2D eigenvalue weighted by Crippen LogP contribution is 2.28. The summed E-state index contributed by atoms with van der Waals surface area (Å²) in [4.78, 5) is 29.0. The number of halogens is 1. The first-order valence-electron chi connectivity index (χ1n) is 9.63. The molecule has 3 rings (SSSR count). The van der Waals surface area contributed by atoms with Crippen molar-refractivity contribution >= 4 is 24.2 Å². The molecule has 0 radical (unpaired) electrons. The van der Waals surface area contributed by atoms with Crippen LogP contribution in [0, 0.1) is 0 Å². The van der Waals surface area contributed by atoms with E-state index >= 15 is 0 Å². The van der Waals surface area contributed by atoms with Crippen molar-refractivity contribution in [2.75, 3.05) is 40.4 Å². The number of ether oxygens (including phenoxy) is 2. The number of methoxy groups -OCH3 is 2. The van der Waals surface area contributed by atoms with Crippen LogP contribution in [0.3, 0.4) is 0 Å². The molecule has 1 saturated heterocycles. The van der Waals surface area contributed by atoms with Crippen LogP contribution in [0.1, 0.15) is 15.9 Å². The molecule has 1 aliphatic rings. The van der Waals surface area contributed by atoms with Gasteiger partial charge in [-0.3, -0.25) is 9.59 Å². The lowest BCUT2D eigenvalue weighted by Crippen LogP contribution is -2.54. The predicted molar refractivity (Wildman–Crippen MR) is 117 cm³/mol. The van der Waals surface area contributed by atoms with Gasteiger partial charge in [-0.25, -0.2) is 0 Å². The van der Waals surface area contributed by atoms with Gasteiger partial charge in [0.05, 0.1) is 20.3 Å². The van der Waals surface area contributed by atoms with Crippen LogP contribution in [0.4, 0.5) is 0 Å². The molecule has 8 heteroatoms. The fraction of sp³-hybridized carbons (Fsp3) is 0.364. The van der Waals surface area contributed by atoms with Crippen LogP contribution >= 0.6 is 12.4 Å². The Morgan fingerprint density at radius 3 is 2.13 bits per heavy atom. The molecule has 0 aromatic heterocycles. The van der Waals surface area contributed by atoms with E-state index < -0.39 is 6.04 Å². The Balaban J connectivity index is 0.00000320. The average molecular weight is 434 g/mol. The molecule has 162 valence electrons. The van der Waals surface area contributed by atoms with Crippen LogP contribution in [0.5, 0.6) is 11.5 Å². The Hall–Kier alpha value is -2.77. The second-order valence-corrected chi connectivity index (χ2v) is 6.98. The fourth-order valence-electron chi connectivity index (χ4n) is 3.47. The lowest BCUT2D eigenvalue weighted by molar-refractivity contribution is -0.134. The van der Waals surface area contributed by atoms with Gasteiger partial charge in [0.25, 0.3) is 5.91 Å². The van der Waals surface area contributed by atoms with Crippen molar-refractivity contribution in [3.63, 3.8) is 0 Å². The zero-order valence-corrected chi connectivity index (χ0v) is 18.1. The largest absolute Gasteiger partial charge is 0.493 e. The number of benzene rings is 2. The second kappa shape index (κ2) is 10.8. The van der Waals surface area contributed by atoms with E-state index in [-0.39, 0.29) is 24.2 Å². The molecule has 1 fully saturated rings. The topological polar surface area (TPSA) is 85.1 Å². The van der Waals surface area contributed by atoms with Gasteiger partial charge in [0.2, 0.25) is 5.91 Å².